The molecule has 2 aromatic carbocycles. The minimum Gasteiger partial charge on any atom is -0.454 e. The van der Waals surface area contributed by atoms with E-state index >= 15 is 0 Å². The number of fused-ring (bicyclic) bond motifs is 1. The fraction of sp³-hybridized carbons (Fsp3) is 0.385. The standard InChI is InChI=1S/C26H30N4O4S/c1-6-15(2)21(27-22(31)16-7-10-18(11-8-16)26(3,4)5)23(32)28-25-30-29-24(35-25)17-9-12-19-20(13-17)34-14-33-19/h7-13,15,21H,6,14H2,1-5H3,(H,27,31)(H,28,30,32). The summed E-state index contributed by atoms with van der Waals surface area (Å²) < 4.78 is 10.8. The topological polar surface area (TPSA) is 102 Å². The van der Waals surface area contributed by atoms with Gasteiger partial charge in [-0.2, -0.15) is 0 Å². The van der Waals surface area contributed by atoms with Gasteiger partial charge >= 0.3 is 0 Å². The summed E-state index contributed by atoms with van der Waals surface area (Å²) in [6.07, 6.45) is 0.722. The van der Waals surface area contributed by atoms with Crippen LogP contribution in [0, 0.1) is 5.92 Å². The van der Waals surface area contributed by atoms with E-state index in [9.17, 15) is 9.59 Å². The maximum absolute atomic E-state index is 13.1. The second-order valence-electron chi connectivity index (χ2n) is 9.63. The Morgan fingerprint density at radius 1 is 1.06 bits per heavy atom. The Kier molecular flexibility index (Phi) is 7.07. The molecule has 1 aromatic heterocycles. The molecule has 0 aliphatic carbocycles. The summed E-state index contributed by atoms with van der Waals surface area (Å²) in [6.45, 7) is 10.5. The van der Waals surface area contributed by atoms with Crippen molar-refractivity contribution in [1.29, 1.82) is 0 Å². The molecule has 9 heteroatoms. The molecule has 184 valence electrons. The van der Waals surface area contributed by atoms with Crippen molar-refractivity contribution in [1.82, 2.24) is 15.5 Å². The number of nitrogens with one attached hydrogen (secondary N) is 2. The lowest BCUT2D eigenvalue weighted by Gasteiger charge is -2.23. The molecule has 3 aromatic rings. The van der Waals surface area contributed by atoms with E-state index in [1.54, 1.807) is 12.1 Å². The SMILES string of the molecule is CCC(C)C(NC(=O)c1ccc(C(C)(C)C)cc1)C(=O)Nc1nnc(-c2ccc3c(c2)OCO3)s1. The molecule has 0 fully saturated rings. The predicted molar refractivity (Wildman–Crippen MR) is 136 cm³/mol. The Balaban J connectivity index is 1.45. The molecule has 0 saturated carbocycles. The average Bonchev–Trinajstić information content (AvgIpc) is 3.50. The number of hydrogen-bond acceptors (Lipinski definition) is 7. The van der Waals surface area contributed by atoms with E-state index in [2.05, 4.69) is 41.6 Å². The number of nitrogens with zero attached hydrogens (tertiary/aromatic N) is 2. The third-order valence-corrected chi connectivity index (χ3v) is 6.96. The summed E-state index contributed by atoms with van der Waals surface area (Å²) in [6, 6.07) is 12.3. The van der Waals surface area contributed by atoms with Gasteiger partial charge in [-0.3, -0.25) is 14.9 Å². The number of aromatic nitrogens is 2. The molecule has 4 rings (SSSR count). The second kappa shape index (κ2) is 10.0. The molecular weight excluding hydrogens is 464 g/mol. The molecule has 8 nitrogen and oxygen atoms in total. The minimum atomic E-state index is -0.715. The summed E-state index contributed by atoms with van der Waals surface area (Å²) in [7, 11) is 0. The van der Waals surface area contributed by atoms with Crippen molar-refractivity contribution in [2.24, 2.45) is 5.92 Å². The van der Waals surface area contributed by atoms with E-state index < -0.39 is 6.04 Å². The Morgan fingerprint density at radius 2 is 1.77 bits per heavy atom. The van der Waals surface area contributed by atoms with Crippen molar-refractivity contribution >= 4 is 28.3 Å². The molecule has 0 bridgehead atoms. The fourth-order valence-electron chi connectivity index (χ4n) is 3.65. The Hall–Kier alpha value is -3.46. The van der Waals surface area contributed by atoms with Gasteiger partial charge in [0.05, 0.1) is 0 Å². The number of hydrogen-bond donors (Lipinski definition) is 2. The Labute approximate surface area is 209 Å². The molecule has 0 spiro atoms. The average molecular weight is 495 g/mol. The summed E-state index contributed by atoms with van der Waals surface area (Å²) in [5, 5.41) is 15.0. The van der Waals surface area contributed by atoms with Crippen molar-refractivity contribution in [3.05, 3.63) is 53.6 Å². The summed E-state index contributed by atoms with van der Waals surface area (Å²) >= 11 is 1.25. The van der Waals surface area contributed by atoms with Crippen LogP contribution in [0.15, 0.2) is 42.5 Å². The number of rotatable bonds is 7. The molecule has 2 heterocycles. The van der Waals surface area contributed by atoms with Gasteiger partial charge < -0.3 is 14.8 Å². The van der Waals surface area contributed by atoms with Gasteiger partial charge in [0, 0.05) is 11.1 Å². The molecular formula is C26H30N4O4S. The highest BCUT2D eigenvalue weighted by atomic mass is 32.1. The highest BCUT2D eigenvalue weighted by Gasteiger charge is 2.28. The van der Waals surface area contributed by atoms with Gasteiger partial charge in [-0.1, -0.05) is 64.5 Å². The molecule has 0 saturated heterocycles. The monoisotopic (exact) mass is 494 g/mol. The number of carbonyl (C=O) groups is 2. The molecule has 35 heavy (non-hydrogen) atoms. The molecule has 2 atom stereocenters. The smallest absolute Gasteiger partial charge is 0.251 e. The van der Waals surface area contributed by atoms with Gasteiger partial charge in [0.1, 0.15) is 11.0 Å². The van der Waals surface area contributed by atoms with Crippen LogP contribution in [0.25, 0.3) is 10.6 Å². The number of carbonyl (C=O) groups excluding carboxylic acids is 2. The lowest BCUT2D eigenvalue weighted by atomic mass is 9.86. The predicted octanol–water partition coefficient (Wildman–Crippen LogP) is 5.01. The maximum Gasteiger partial charge on any atom is 0.251 e. The molecule has 2 amide bonds. The van der Waals surface area contributed by atoms with Gasteiger partial charge in [0.25, 0.3) is 5.91 Å². The van der Waals surface area contributed by atoms with E-state index in [1.165, 1.54) is 11.3 Å². The van der Waals surface area contributed by atoms with Crippen LogP contribution in [0.1, 0.15) is 57.0 Å². The van der Waals surface area contributed by atoms with Crippen LogP contribution in [0.5, 0.6) is 11.5 Å². The van der Waals surface area contributed by atoms with Gasteiger partial charge in [-0.05, 0) is 47.2 Å². The van der Waals surface area contributed by atoms with Crippen LogP contribution in [-0.2, 0) is 10.2 Å². The highest BCUT2D eigenvalue weighted by molar-refractivity contribution is 7.18. The number of ether oxygens (including phenoxy) is 2. The first kappa shape index (κ1) is 24.7. The lowest BCUT2D eigenvalue weighted by Crippen LogP contribution is -2.47. The van der Waals surface area contributed by atoms with Crippen molar-refractivity contribution in [3.8, 4) is 22.1 Å². The quantitative estimate of drug-likeness (QED) is 0.478. The van der Waals surface area contributed by atoms with Gasteiger partial charge in [0.15, 0.2) is 11.5 Å². The molecule has 0 radical (unpaired) electrons. The fourth-order valence-corrected chi connectivity index (χ4v) is 4.39. The van der Waals surface area contributed by atoms with Crippen LogP contribution >= 0.6 is 11.3 Å². The van der Waals surface area contributed by atoms with Crippen molar-refractivity contribution in [2.75, 3.05) is 12.1 Å². The third kappa shape index (κ3) is 5.62. The van der Waals surface area contributed by atoms with Gasteiger partial charge in [0.2, 0.25) is 17.8 Å². The van der Waals surface area contributed by atoms with E-state index in [4.69, 9.17) is 9.47 Å². The first-order chi connectivity index (χ1) is 16.7. The summed E-state index contributed by atoms with van der Waals surface area (Å²) in [5.74, 6) is 0.649. The van der Waals surface area contributed by atoms with E-state index in [0.29, 0.717) is 27.2 Å². The zero-order chi connectivity index (χ0) is 25.2. The zero-order valence-corrected chi connectivity index (χ0v) is 21.4. The Morgan fingerprint density at radius 3 is 2.46 bits per heavy atom. The second-order valence-corrected chi connectivity index (χ2v) is 10.6. The molecule has 1 aliphatic rings. The van der Waals surface area contributed by atoms with Crippen LogP contribution < -0.4 is 20.1 Å². The van der Waals surface area contributed by atoms with E-state index in [0.717, 1.165) is 17.5 Å². The maximum atomic E-state index is 13.1. The lowest BCUT2D eigenvalue weighted by molar-refractivity contribution is -0.119. The number of benzene rings is 2. The van der Waals surface area contributed by atoms with Gasteiger partial charge in [-0.15, -0.1) is 10.2 Å². The minimum absolute atomic E-state index is 0.00462. The van der Waals surface area contributed by atoms with E-state index in [1.807, 2.05) is 44.2 Å². The van der Waals surface area contributed by atoms with Crippen LogP contribution in [0.4, 0.5) is 5.13 Å². The molecule has 2 unspecified atom stereocenters. The van der Waals surface area contributed by atoms with Crippen molar-refractivity contribution in [3.63, 3.8) is 0 Å². The number of anilines is 1. The van der Waals surface area contributed by atoms with E-state index in [-0.39, 0.29) is 29.9 Å². The highest BCUT2D eigenvalue weighted by Crippen LogP contribution is 2.37. The summed E-state index contributed by atoms with van der Waals surface area (Å²) in [5.41, 5.74) is 2.47. The van der Waals surface area contributed by atoms with Crippen molar-refractivity contribution < 1.29 is 19.1 Å². The number of amides is 2. The van der Waals surface area contributed by atoms with Crippen LogP contribution in [0.3, 0.4) is 0 Å². The van der Waals surface area contributed by atoms with Crippen molar-refractivity contribution in [2.45, 2.75) is 52.5 Å². The summed E-state index contributed by atoms with van der Waals surface area (Å²) in [4.78, 5) is 26.1. The zero-order valence-electron chi connectivity index (χ0n) is 20.5. The first-order valence-corrected chi connectivity index (χ1v) is 12.4. The first-order valence-electron chi connectivity index (χ1n) is 11.6. The Bertz CT molecular complexity index is 1220. The van der Waals surface area contributed by atoms with Crippen LogP contribution in [0.2, 0.25) is 0 Å². The normalized spacial score (nSPS) is 14.3. The van der Waals surface area contributed by atoms with Crippen LogP contribution in [-0.4, -0.2) is 34.8 Å². The third-order valence-electron chi connectivity index (χ3n) is 6.07. The van der Waals surface area contributed by atoms with Gasteiger partial charge in [-0.25, -0.2) is 0 Å². The largest absolute Gasteiger partial charge is 0.454 e. The molecule has 1 aliphatic heterocycles. The molecule has 2 N–H and O–H groups in total.